The Labute approximate surface area is 228 Å². The maximum Gasteiger partial charge on any atom is 0.267 e. The van der Waals surface area contributed by atoms with Crippen molar-refractivity contribution in [2.24, 2.45) is 0 Å². The van der Waals surface area contributed by atoms with Gasteiger partial charge in [-0.15, -0.1) is 0 Å². The number of hydrogen-bond donors (Lipinski definition) is 1. The van der Waals surface area contributed by atoms with Crippen molar-refractivity contribution in [3.05, 3.63) is 93.9 Å². The average molecular weight is 550 g/mol. The highest BCUT2D eigenvalue weighted by Crippen LogP contribution is 2.44. The summed E-state index contributed by atoms with van der Waals surface area (Å²) in [6, 6.07) is 21.2. The summed E-state index contributed by atoms with van der Waals surface area (Å²) in [4.78, 5) is 43.0. The third kappa shape index (κ3) is 4.98. The van der Waals surface area contributed by atoms with Gasteiger partial charge in [-0.25, -0.2) is 0 Å². The highest BCUT2D eigenvalue weighted by Gasteiger charge is 2.42. The molecule has 7 nitrogen and oxygen atoms in total. The van der Waals surface area contributed by atoms with Crippen molar-refractivity contribution in [2.45, 2.75) is 6.54 Å². The average Bonchev–Trinajstić information content (AvgIpc) is 3.33. The van der Waals surface area contributed by atoms with E-state index in [0.717, 1.165) is 17.3 Å². The molecule has 0 unspecified atom stereocenters. The molecule has 1 fully saturated rings. The molecule has 186 valence electrons. The maximum atomic E-state index is 13.6. The predicted molar refractivity (Wildman–Crippen MR) is 150 cm³/mol. The van der Waals surface area contributed by atoms with Gasteiger partial charge in [0.2, 0.25) is 5.91 Å². The van der Waals surface area contributed by atoms with Crippen molar-refractivity contribution in [1.29, 1.82) is 0 Å². The molecule has 3 aromatic rings. The van der Waals surface area contributed by atoms with Crippen LogP contribution in [0.25, 0.3) is 5.57 Å². The molecule has 3 aromatic carbocycles. The molecule has 0 aliphatic carbocycles. The summed E-state index contributed by atoms with van der Waals surface area (Å²) in [5, 5.41) is 3.32. The molecular formula is C27H20ClN3O4S2. The third-order valence-corrected chi connectivity index (χ3v) is 7.63. The Morgan fingerprint density at radius 1 is 0.973 bits per heavy atom. The number of thiocarbonyl (C=S) groups is 1. The van der Waals surface area contributed by atoms with Crippen LogP contribution in [0.3, 0.4) is 0 Å². The van der Waals surface area contributed by atoms with E-state index in [-0.39, 0.29) is 35.4 Å². The van der Waals surface area contributed by atoms with Gasteiger partial charge in [0.1, 0.15) is 16.6 Å². The molecule has 1 N–H and O–H groups in total. The van der Waals surface area contributed by atoms with Gasteiger partial charge in [0.05, 0.1) is 29.8 Å². The first kappa shape index (κ1) is 25.0. The van der Waals surface area contributed by atoms with Crippen LogP contribution in [0.4, 0.5) is 11.4 Å². The summed E-state index contributed by atoms with van der Waals surface area (Å²) < 4.78 is 5.56. The van der Waals surface area contributed by atoms with Crippen molar-refractivity contribution < 1.29 is 19.1 Å². The molecule has 0 aromatic heterocycles. The molecule has 37 heavy (non-hydrogen) atoms. The Morgan fingerprint density at radius 2 is 1.68 bits per heavy atom. The Kier molecular flexibility index (Phi) is 7.01. The summed E-state index contributed by atoms with van der Waals surface area (Å²) in [5.74, 6) is -0.419. The molecule has 2 aliphatic rings. The van der Waals surface area contributed by atoms with E-state index in [2.05, 4.69) is 5.32 Å². The first-order valence-corrected chi connectivity index (χ1v) is 12.8. The van der Waals surface area contributed by atoms with Gasteiger partial charge in [0.15, 0.2) is 0 Å². The van der Waals surface area contributed by atoms with Crippen LogP contribution in [0.1, 0.15) is 11.1 Å². The van der Waals surface area contributed by atoms with E-state index in [1.165, 1.54) is 9.80 Å². The number of hydrogen-bond acceptors (Lipinski definition) is 6. The van der Waals surface area contributed by atoms with Crippen LogP contribution in [-0.2, 0) is 20.9 Å². The van der Waals surface area contributed by atoms with E-state index in [1.807, 2.05) is 24.3 Å². The summed E-state index contributed by atoms with van der Waals surface area (Å²) in [6.45, 7) is 0.0581. The lowest BCUT2D eigenvalue weighted by Crippen LogP contribution is -2.35. The lowest BCUT2D eigenvalue weighted by Gasteiger charge is -2.17. The van der Waals surface area contributed by atoms with Crippen molar-refractivity contribution in [2.75, 3.05) is 23.9 Å². The number of ether oxygens (including phenoxy) is 1. The fourth-order valence-electron chi connectivity index (χ4n) is 4.13. The number of carbonyl (C=O) groups is 3. The van der Waals surface area contributed by atoms with Gasteiger partial charge in [-0.2, -0.15) is 0 Å². The SMILES string of the molecule is COc1ccc(CN2C(=O)/C(=C3/C(=O)N(CC(=O)Nc4ccc(Cl)cc4)c4ccccc43)SC2=S)cc1. The number of amides is 3. The zero-order valence-corrected chi connectivity index (χ0v) is 22.0. The highest BCUT2D eigenvalue weighted by atomic mass is 35.5. The smallest absolute Gasteiger partial charge is 0.267 e. The van der Waals surface area contributed by atoms with E-state index in [9.17, 15) is 14.4 Å². The summed E-state index contributed by atoms with van der Waals surface area (Å²) in [6.07, 6.45) is 0. The van der Waals surface area contributed by atoms with E-state index in [0.29, 0.717) is 32.0 Å². The Morgan fingerprint density at radius 3 is 2.38 bits per heavy atom. The zero-order valence-electron chi connectivity index (χ0n) is 19.6. The van der Waals surface area contributed by atoms with Crippen LogP contribution in [0.5, 0.6) is 5.75 Å². The quantitative estimate of drug-likeness (QED) is 0.340. The fraction of sp³-hybridized carbons (Fsp3) is 0.111. The lowest BCUT2D eigenvalue weighted by molar-refractivity contribution is -0.122. The van der Waals surface area contributed by atoms with Crippen molar-refractivity contribution in [3.63, 3.8) is 0 Å². The minimum Gasteiger partial charge on any atom is -0.497 e. The van der Waals surface area contributed by atoms with Crippen LogP contribution < -0.4 is 15.0 Å². The van der Waals surface area contributed by atoms with Gasteiger partial charge in [-0.3, -0.25) is 24.2 Å². The molecule has 2 heterocycles. The van der Waals surface area contributed by atoms with Gasteiger partial charge in [0, 0.05) is 16.3 Å². The molecule has 0 radical (unpaired) electrons. The van der Waals surface area contributed by atoms with Gasteiger partial charge < -0.3 is 10.1 Å². The van der Waals surface area contributed by atoms with Crippen LogP contribution in [0.15, 0.2) is 77.7 Å². The summed E-state index contributed by atoms with van der Waals surface area (Å²) in [5.41, 5.74) is 2.85. The second kappa shape index (κ2) is 10.4. The van der Waals surface area contributed by atoms with Gasteiger partial charge in [-0.05, 0) is 48.0 Å². The van der Waals surface area contributed by atoms with Crippen LogP contribution >= 0.6 is 35.6 Å². The van der Waals surface area contributed by atoms with Crippen LogP contribution in [0.2, 0.25) is 5.02 Å². The second-order valence-corrected chi connectivity index (χ2v) is 10.4. The van der Waals surface area contributed by atoms with E-state index < -0.39 is 5.91 Å². The molecule has 1 saturated heterocycles. The maximum absolute atomic E-state index is 13.6. The van der Waals surface area contributed by atoms with Crippen molar-refractivity contribution >= 4 is 74.6 Å². The Bertz CT molecular complexity index is 1460. The first-order valence-electron chi connectivity index (χ1n) is 11.2. The van der Waals surface area contributed by atoms with Gasteiger partial charge >= 0.3 is 0 Å². The normalized spacial score (nSPS) is 16.9. The van der Waals surface area contributed by atoms with Crippen LogP contribution in [0, 0.1) is 0 Å². The Hall–Kier alpha value is -3.66. The first-order chi connectivity index (χ1) is 17.9. The second-order valence-electron chi connectivity index (χ2n) is 8.27. The third-order valence-electron chi connectivity index (χ3n) is 5.93. The number of carbonyl (C=O) groups excluding carboxylic acids is 3. The molecule has 0 saturated carbocycles. The molecule has 0 spiro atoms. The van der Waals surface area contributed by atoms with Gasteiger partial charge in [-0.1, -0.05) is 65.9 Å². The summed E-state index contributed by atoms with van der Waals surface area (Å²) >= 11 is 12.5. The summed E-state index contributed by atoms with van der Waals surface area (Å²) in [7, 11) is 1.59. The number of para-hydroxylation sites is 1. The minimum absolute atomic E-state index is 0.214. The Balaban J connectivity index is 1.40. The molecule has 3 amide bonds. The number of halogens is 1. The van der Waals surface area contributed by atoms with Crippen molar-refractivity contribution in [3.8, 4) is 5.75 Å². The largest absolute Gasteiger partial charge is 0.497 e. The zero-order chi connectivity index (χ0) is 26.1. The topological polar surface area (TPSA) is 79.0 Å². The highest BCUT2D eigenvalue weighted by molar-refractivity contribution is 8.26. The predicted octanol–water partition coefficient (Wildman–Crippen LogP) is 5.11. The standard InChI is InChI=1S/C27H20ClN3O4S2/c1-35-19-12-6-16(7-13-19)14-31-26(34)24(37-27(31)36)23-20-4-2-3-5-21(20)30(25(23)33)15-22(32)29-18-10-8-17(28)9-11-18/h2-13H,14-15H2,1H3,(H,29,32)/b24-23-. The number of rotatable bonds is 6. The van der Waals surface area contributed by atoms with E-state index >= 15 is 0 Å². The molecule has 2 aliphatic heterocycles. The molecule has 5 rings (SSSR count). The van der Waals surface area contributed by atoms with Crippen molar-refractivity contribution in [1.82, 2.24) is 4.90 Å². The number of methoxy groups -OCH3 is 1. The molecular weight excluding hydrogens is 530 g/mol. The number of benzene rings is 3. The lowest BCUT2D eigenvalue weighted by atomic mass is 10.1. The van der Waals surface area contributed by atoms with Crippen LogP contribution in [-0.4, -0.2) is 40.6 Å². The number of anilines is 2. The van der Waals surface area contributed by atoms with E-state index in [1.54, 1.807) is 55.6 Å². The molecule has 0 atom stereocenters. The van der Waals surface area contributed by atoms with E-state index in [4.69, 9.17) is 28.6 Å². The molecule has 10 heteroatoms. The van der Waals surface area contributed by atoms with Gasteiger partial charge in [0.25, 0.3) is 11.8 Å². The minimum atomic E-state index is -0.419. The number of thioether (sulfide) groups is 1. The fourth-order valence-corrected chi connectivity index (χ4v) is 5.59. The molecule has 0 bridgehead atoms. The number of nitrogens with zero attached hydrogens (tertiary/aromatic N) is 2. The number of nitrogens with one attached hydrogen (secondary N) is 1. The number of fused-ring (bicyclic) bond motifs is 1. The monoisotopic (exact) mass is 549 g/mol.